The molecule has 1 saturated heterocycles. The lowest BCUT2D eigenvalue weighted by Gasteiger charge is -2.36. The Bertz CT molecular complexity index is 404. The molecule has 3 nitrogen and oxygen atoms in total. The van der Waals surface area contributed by atoms with Gasteiger partial charge < -0.3 is 14.2 Å². The molecule has 18 heavy (non-hydrogen) atoms. The minimum absolute atomic E-state index is 0.0644. The summed E-state index contributed by atoms with van der Waals surface area (Å²) in [6.07, 6.45) is 1.71. The normalized spacial score (nSPS) is 27.8. The molecule has 0 N–H and O–H groups in total. The van der Waals surface area contributed by atoms with Crippen LogP contribution in [0.2, 0.25) is 0 Å². The molecule has 0 aliphatic carbocycles. The average molecular weight is 313 g/mol. The van der Waals surface area contributed by atoms with Gasteiger partial charge in [0, 0.05) is 4.47 Å². The van der Waals surface area contributed by atoms with Gasteiger partial charge in [-0.15, -0.1) is 6.58 Å². The molecule has 1 aliphatic rings. The molecule has 2 rings (SSSR count). The van der Waals surface area contributed by atoms with Crippen LogP contribution in [0.3, 0.4) is 0 Å². The van der Waals surface area contributed by atoms with Crippen molar-refractivity contribution in [3.63, 3.8) is 0 Å². The fourth-order valence-corrected chi connectivity index (χ4v) is 2.02. The van der Waals surface area contributed by atoms with E-state index in [0.29, 0.717) is 19.8 Å². The summed E-state index contributed by atoms with van der Waals surface area (Å²) in [5.41, 5.74) is -0.411. The first-order valence-corrected chi connectivity index (χ1v) is 6.68. The Hall–Kier alpha value is -0.840. The van der Waals surface area contributed by atoms with E-state index in [1.807, 2.05) is 31.2 Å². The van der Waals surface area contributed by atoms with Crippen molar-refractivity contribution in [1.29, 1.82) is 0 Å². The summed E-state index contributed by atoms with van der Waals surface area (Å²) < 4.78 is 18.1. The van der Waals surface area contributed by atoms with Crippen molar-refractivity contribution in [3.8, 4) is 5.75 Å². The van der Waals surface area contributed by atoms with Crippen molar-refractivity contribution in [3.05, 3.63) is 41.4 Å². The number of ether oxygens (including phenoxy) is 3. The molecule has 1 heterocycles. The summed E-state index contributed by atoms with van der Waals surface area (Å²) in [5, 5.41) is 0. The standard InChI is InChI=1S/C14H17BrO3/c1-3-14(2)10-16-8-13(18-14)9-17-12-6-4-11(15)5-7-12/h3-7,13H,1,8-10H2,2H3/t13?,14-/m0/s1. The highest BCUT2D eigenvalue weighted by Crippen LogP contribution is 2.22. The average Bonchev–Trinajstić information content (AvgIpc) is 2.38. The maximum absolute atomic E-state index is 5.89. The third-order valence-corrected chi connectivity index (χ3v) is 3.34. The van der Waals surface area contributed by atoms with E-state index in [9.17, 15) is 0 Å². The Balaban J connectivity index is 1.86. The van der Waals surface area contributed by atoms with Gasteiger partial charge in [0.15, 0.2) is 0 Å². The zero-order valence-electron chi connectivity index (χ0n) is 10.4. The van der Waals surface area contributed by atoms with E-state index in [1.54, 1.807) is 6.08 Å². The van der Waals surface area contributed by atoms with Gasteiger partial charge in [0.25, 0.3) is 0 Å². The van der Waals surface area contributed by atoms with E-state index in [0.717, 1.165) is 10.2 Å². The van der Waals surface area contributed by atoms with Gasteiger partial charge in [-0.25, -0.2) is 0 Å². The summed E-state index contributed by atoms with van der Waals surface area (Å²) in [6, 6.07) is 7.73. The molecule has 1 fully saturated rings. The Morgan fingerprint density at radius 2 is 2.22 bits per heavy atom. The summed E-state index contributed by atoms with van der Waals surface area (Å²) in [4.78, 5) is 0. The fourth-order valence-electron chi connectivity index (χ4n) is 1.75. The monoisotopic (exact) mass is 312 g/mol. The van der Waals surface area contributed by atoms with Gasteiger partial charge in [-0.1, -0.05) is 22.0 Å². The van der Waals surface area contributed by atoms with Crippen LogP contribution in [0.25, 0.3) is 0 Å². The third kappa shape index (κ3) is 3.57. The number of hydrogen-bond acceptors (Lipinski definition) is 3. The lowest BCUT2D eigenvalue weighted by Crippen LogP contribution is -2.46. The molecule has 1 unspecified atom stereocenters. The van der Waals surface area contributed by atoms with Crippen LogP contribution in [-0.4, -0.2) is 31.5 Å². The lowest BCUT2D eigenvalue weighted by molar-refractivity contribution is -0.176. The molecule has 0 bridgehead atoms. The van der Waals surface area contributed by atoms with E-state index >= 15 is 0 Å². The van der Waals surface area contributed by atoms with E-state index in [4.69, 9.17) is 14.2 Å². The van der Waals surface area contributed by atoms with Crippen LogP contribution >= 0.6 is 15.9 Å². The largest absolute Gasteiger partial charge is 0.491 e. The molecule has 1 aromatic rings. The van der Waals surface area contributed by atoms with Gasteiger partial charge in [0.2, 0.25) is 0 Å². The van der Waals surface area contributed by atoms with Crippen LogP contribution in [0.4, 0.5) is 0 Å². The third-order valence-electron chi connectivity index (χ3n) is 2.81. The smallest absolute Gasteiger partial charge is 0.119 e. The first-order valence-electron chi connectivity index (χ1n) is 5.89. The first-order chi connectivity index (χ1) is 8.61. The SMILES string of the molecule is C=C[C@@]1(C)COCC(COc2ccc(Br)cc2)O1. The van der Waals surface area contributed by atoms with Crippen molar-refractivity contribution in [2.24, 2.45) is 0 Å². The van der Waals surface area contributed by atoms with Gasteiger partial charge in [-0.05, 0) is 31.2 Å². The molecule has 0 aromatic heterocycles. The summed E-state index contributed by atoms with van der Waals surface area (Å²) in [6.45, 7) is 7.31. The molecule has 0 amide bonds. The van der Waals surface area contributed by atoms with Crippen molar-refractivity contribution < 1.29 is 14.2 Å². The van der Waals surface area contributed by atoms with Gasteiger partial charge in [-0.2, -0.15) is 0 Å². The van der Waals surface area contributed by atoms with Crippen molar-refractivity contribution >= 4 is 15.9 Å². The van der Waals surface area contributed by atoms with Crippen LogP contribution < -0.4 is 4.74 Å². The Kier molecular flexibility index (Phi) is 4.43. The molecule has 2 atom stereocenters. The number of halogens is 1. The van der Waals surface area contributed by atoms with Gasteiger partial charge in [0.1, 0.15) is 24.1 Å². The van der Waals surface area contributed by atoms with Crippen molar-refractivity contribution in [2.75, 3.05) is 19.8 Å². The molecule has 98 valence electrons. The highest BCUT2D eigenvalue weighted by Gasteiger charge is 2.31. The predicted octanol–water partition coefficient (Wildman–Crippen LogP) is 3.19. The lowest BCUT2D eigenvalue weighted by atomic mass is 10.1. The summed E-state index contributed by atoms with van der Waals surface area (Å²) in [5.74, 6) is 0.827. The molecule has 0 spiro atoms. The topological polar surface area (TPSA) is 27.7 Å². The van der Waals surface area contributed by atoms with Crippen LogP contribution in [0, 0.1) is 0 Å². The molecular weight excluding hydrogens is 296 g/mol. The zero-order chi connectivity index (χ0) is 13.0. The number of hydrogen-bond donors (Lipinski definition) is 0. The second-order valence-electron chi connectivity index (χ2n) is 4.54. The van der Waals surface area contributed by atoms with Crippen LogP contribution in [0.15, 0.2) is 41.4 Å². The van der Waals surface area contributed by atoms with E-state index in [2.05, 4.69) is 22.5 Å². The van der Waals surface area contributed by atoms with Gasteiger partial charge in [-0.3, -0.25) is 0 Å². The minimum atomic E-state index is -0.411. The van der Waals surface area contributed by atoms with Gasteiger partial charge in [0.05, 0.1) is 13.2 Å². The molecule has 4 heteroatoms. The quantitative estimate of drug-likeness (QED) is 0.799. The van der Waals surface area contributed by atoms with Gasteiger partial charge >= 0.3 is 0 Å². The maximum atomic E-state index is 5.89. The van der Waals surface area contributed by atoms with Crippen LogP contribution in [-0.2, 0) is 9.47 Å². The Morgan fingerprint density at radius 1 is 1.50 bits per heavy atom. The summed E-state index contributed by atoms with van der Waals surface area (Å²) in [7, 11) is 0. The zero-order valence-corrected chi connectivity index (χ0v) is 12.0. The van der Waals surface area contributed by atoms with E-state index in [1.165, 1.54) is 0 Å². The highest BCUT2D eigenvalue weighted by atomic mass is 79.9. The minimum Gasteiger partial charge on any atom is -0.491 e. The second-order valence-corrected chi connectivity index (χ2v) is 5.45. The molecular formula is C14H17BrO3. The van der Waals surface area contributed by atoms with Crippen LogP contribution in [0.5, 0.6) is 5.75 Å². The predicted molar refractivity (Wildman–Crippen MR) is 73.9 cm³/mol. The maximum Gasteiger partial charge on any atom is 0.119 e. The molecule has 0 saturated carbocycles. The highest BCUT2D eigenvalue weighted by molar-refractivity contribution is 9.10. The van der Waals surface area contributed by atoms with E-state index in [-0.39, 0.29) is 6.10 Å². The van der Waals surface area contributed by atoms with Crippen molar-refractivity contribution in [2.45, 2.75) is 18.6 Å². The molecule has 0 radical (unpaired) electrons. The number of rotatable bonds is 4. The molecule has 1 aromatic carbocycles. The Morgan fingerprint density at radius 3 is 2.89 bits per heavy atom. The number of benzene rings is 1. The van der Waals surface area contributed by atoms with Crippen molar-refractivity contribution in [1.82, 2.24) is 0 Å². The summed E-state index contributed by atoms with van der Waals surface area (Å²) >= 11 is 3.39. The Labute approximate surface area is 116 Å². The molecule has 1 aliphatic heterocycles. The second kappa shape index (κ2) is 5.87. The van der Waals surface area contributed by atoms with Crippen LogP contribution in [0.1, 0.15) is 6.92 Å². The van der Waals surface area contributed by atoms with E-state index < -0.39 is 5.60 Å². The fraction of sp³-hybridized carbons (Fsp3) is 0.429. The first kappa shape index (κ1) is 13.6.